The molecule has 100 valence electrons. The van der Waals surface area contributed by atoms with Gasteiger partial charge in [0.05, 0.1) is 12.2 Å². The SMILES string of the molecule is O=C(OO)c1ccc(OCCCC(F)(F)F)cc1. The molecule has 1 aromatic carbocycles. The van der Waals surface area contributed by atoms with Gasteiger partial charge in [0.25, 0.3) is 0 Å². The van der Waals surface area contributed by atoms with E-state index in [4.69, 9.17) is 9.99 Å². The number of alkyl halides is 3. The number of rotatable bonds is 5. The minimum atomic E-state index is -4.18. The molecule has 4 nitrogen and oxygen atoms in total. The molecule has 0 heterocycles. The molecule has 0 aliphatic rings. The van der Waals surface area contributed by atoms with Gasteiger partial charge in [0.1, 0.15) is 5.75 Å². The first-order valence-corrected chi connectivity index (χ1v) is 5.08. The van der Waals surface area contributed by atoms with Gasteiger partial charge in [0.2, 0.25) is 0 Å². The third-order valence-corrected chi connectivity index (χ3v) is 2.05. The van der Waals surface area contributed by atoms with E-state index in [2.05, 4.69) is 4.89 Å². The van der Waals surface area contributed by atoms with E-state index in [0.717, 1.165) is 0 Å². The molecule has 0 fully saturated rings. The molecule has 0 aliphatic carbocycles. The number of carbonyl (C=O) groups excluding carboxylic acids is 1. The average molecular weight is 264 g/mol. The van der Waals surface area contributed by atoms with E-state index in [1.807, 2.05) is 0 Å². The Bertz CT molecular complexity index is 386. The first kappa shape index (κ1) is 14.3. The third kappa shape index (κ3) is 5.05. The summed E-state index contributed by atoms with van der Waals surface area (Å²) in [6.07, 6.45) is -5.22. The van der Waals surface area contributed by atoms with Crippen molar-refractivity contribution >= 4 is 5.97 Å². The van der Waals surface area contributed by atoms with Gasteiger partial charge in [-0.25, -0.2) is 4.79 Å². The molecule has 0 saturated carbocycles. The van der Waals surface area contributed by atoms with Crippen molar-refractivity contribution in [2.45, 2.75) is 19.0 Å². The van der Waals surface area contributed by atoms with Gasteiger partial charge in [0.15, 0.2) is 0 Å². The molecule has 0 aliphatic heterocycles. The zero-order valence-electron chi connectivity index (χ0n) is 9.24. The summed E-state index contributed by atoms with van der Waals surface area (Å²) in [5.74, 6) is -0.578. The van der Waals surface area contributed by atoms with E-state index in [-0.39, 0.29) is 18.6 Å². The molecule has 18 heavy (non-hydrogen) atoms. The Morgan fingerprint density at radius 3 is 2.33 bits per heavy atom. The van der Waals surface area contributed by atoms with Crippen LogP contribution < -0.4 is 4.74 Å². The van der Waals surface area contributed by atoms with E-state index in [1.54, 1.807) is 0 Å². The van der Waals surface area contributed by atoms with Crippen molar-refractivity contribution in [1.82, 2.24) is 0 Å². The molecule has 7 heteroatoms. The number of halogens is 3. The second kappa shape index (κ2) is 6.25. The highest BCUT2D eigenvalue weighted by molar-refractivity contribution is 5.88. The summed E-state index contributed by atoms with van der Waals surface area (Å²) in [6.45, 7) is -0.0662. The Morgan fingerprint density at radius 1 is 1.22 bits per heavy atom. The maximum absolute atomic E-state index is 11.8. The van der Waals surface area contributed by atoms with Gasteiger partial charge in [0, 0.05) is 6.42 Å². The Labute approximate surface area is 101 Å². The highest BCUT2D eigenvalue weighted by atomic mass is 19.4. The van der Waals surface area contributed by atoms with Crippen LogP contribution in [-0.4, -0.2) is 24.0 Å². The minimum Gasteiger partial charge on any atom is -0.494 e. The quantitative estimate of drug-likeness (QED) is 0.504. The van der Waals surface area contributed by atoms with Crippen LogP contribution in [0.1, 0.15) is 23.2 Å². The molecule has 1 rings (SSSR count). The molecule has 0 unspecified atom stereocenters. The number of benzene rings is 1. The lowest BCUT2D eigenvalue weighted by Gasteiger charge is -2.08. The highest BCUT2D eigenvalue weighted by Crippen LogP contribution is 2.21. The van der Waals surface area contributed by atoms with Crippen LogP contribution in [0, 0.1) is 0 Å². The van der Waals surface area contributed by atoms with Gasteiger partial charge in [-0.15, -0.1) is 0 Å². The molecule has 0 atom stereocenters. The van der Waals surface area contributed by atoms with Crippen LogP contribution in [0.5, 0.6) is 5.75 Å². The second-order valence-corrected chi connectivity index (χ2v) is 3.47. The van der Waals surface area contributed by atoms with Crippen LogP contribution in [0.3, 0.4) is 0 Å². The van der Waals surface area contributed by atoms with Crippen LogP contribution in [0.4, 0.5) is 13.2 Å². The van der Waals surface area contributed by atoms with Crippen molar-refractivity contribution in [3.05, 3.63) is 29.8 Å². The maximum Gasteiger partial charge on any atom is 0.389 e. The van der Waals surface area contributed by atoms with Crippen LogP contribution in [0.25, 0.3) is 0 Å². The van der Waals surface area contributed by atoms with Crippen molar-refractivity contribution in [3.8, 4) is 5.75 Å². The molecule has 0 aromatic heterocycles. The van der Waals surface area contributed by atoms with E-state index >= 15 is 0 Å². The monoisotopic (exact) mass is 264 g/mol. The third-order valence-electron chi connectivity index (χ3n) is 2.05. The standard InChI is InChI=1S/C11H11F3O4/c12-11(13,14)6-1-7-17-9-4-2-8(3-5-9)10(15)18-16/h2-5,16H,1,6-7H2. The van der Waals surface area contributed by atoms with Gasteiger partial charge >= 0.3 is 12.1 Å². The molecular formula is C11H11F3O4. The molecule has 0 amide bonds. The van der Waals surface area contributed by atoms with Gasteiger partial charge in [-0.1, -0.05) is 0 Å². The summed E-state index contributed by atoms with van der Waals surface area (Å²) in [5.41, 5.74) is 0.111. The normalized spacial score (nSPS) is 11.1. The van der Waals surface area contributed by atoms with E-state index in [9.17, 15) is 18.0 Å². The predicted molar refractivity (Wildman–Crippen MR) is 55.3 cm³/mol. The topological polar surface area (TPSA) is 55.8 Å². The second-order valence-electron chi connectivity index (χ2n) is 3.47. The Morgan fingerprint density at radius 2 is 1.83 bits per heavy atom. The molecule has 0 bridgehead atoms. The fourth-order valence-corrected chi connectivity index (χ4v) is 1.20. The Balaban J connectivity index is 2.38. The fraction of sp³-hybridized carbons (Fsp3) is 0.364. The fourth-order valence-electron chi connectivity index (χ4n) is 1.20. The minimum absolute atomic E-state index is 0.0662. The summed E-state index contributed by atoms with van der Waals surface area (Å²) in [7, 11) is 0. The van der Waals surface area contributed by atoms with Gasteiger partial charge in [-0.05, 0) is 30.7 Å². The van der Waals surface area contributed by atoms with E-state index in [1.165, 1.54) is 24.3 Å². The number of hydrogen-bond donors (Lipinski definition) is 1. The molecule has 1 aromatic rings. The number of carbonyl (C=O) groups is 1. The summed E-state index contributed by atoms with van der Waals surface area (Å²) >= 11 is 0. The Kier molecular flexibility index (Phi) is 4.96. The highest BCUT2D eigenvalue weighted by Gasteiger charge is 2.26. The first-order chi connectivity index (χ1) is 8.42. The van der Waals surface area contributed by atoms with Gasteiger partial charge in [-0.3, -0.25) is 4.89 Å². The lowest BCUT2D eigenvalue weighted by atomic mass is 10.2. The number of ether oxygens (including phenoxy) is 1. The molecule has 1 N–H and O–H groups in total. The van der Waals surface area contributed by atoms with E-state index < -0.39 is 18.6 Å². The molecule has 0 radical (unpaired) electrons. The molecule has 0 saturated heterocycles. The van der Waals surface area contributed by atoms with Crippen molar-refractivity contribution in [2.24, 2.45) is 0 Å². The van der Waals surface area contributed by atoms with Crippen molar-refractivity contribution in [2.75, 3.05) is 6.61 Å². The van der Waals surface area contributed by atoms with E-state index in [0.29, 0.717) is 5.75 Å². The average Bonchev–Trinajstić information content (AvgIpc) is 2.33. The lowest BCUT2D eigenvalue weighted by molar-refractivity contribution is -0.182. The largest absolute Gasteiger partial charge is 0.494 e. The van der Waals surface area contributed by atoms with Gasteiger partial charge < -0.3 is 4.74 Å². The van der Waals surface area contributed by atoms with Crippen LogP contribution in [-0.2, 0) is 4.89 Å². The smallest absolute Gasteiger partial charge is 0.389 e. The summed E-state index contributed by atoms with van der Waals surface area (Å²) in [4.78, 5) is 14.4. The summed E-state index contributed by atoms with van der Waals surface area (Å²) < 4.78 is 40.5. The lowest BCUT2D eigenvalue weighted by Crippen LogP contribution is -2.09. The van der Waals surface area contributed by atoms with Crippen LogP contribution >= 0.6 is 0 Å². The Hall–Kier alpha value is -1.76. The predicted octanol–water partition coefficient (Wildman–Crippen LogP) is 3.04. The number of hydrogen-bond acceptors (Lipinski definition) is 4. The van der Waals surface area contributed by atoms with Crippen LogP contribution in [0.2, 0.25) is 0 Å². The van der Waals surface area contributed by atoms with Crippen molar-refractivity contribution in [3.63, 3.8) is 0 Å². The van der Waals surface area contributed by atoms with Crippen molar-refractivity contribution in [1.29, 1.82) is 0 Å². The first-order valence-electron chi connectivity index (χ1n) is 5.08. The maximum atomic E-state index is 11.8. The molecular weight excluding hydrogens is 253 g/mol. The van der Waals surface area contributed by atoms with Crippen LogP contribution in [0.15, 0.2) is 24.3 Å². The van der Waals surface area contributed by atoms with Crippen molar-refractivity contribution < 1.29 is 32.8 Å². The summed E-state index contributed by atoms with van der Waals surface area (Å²) in [6, 6.07) is 5.47. The zero-order chi connectivity index (χ0) is 13.6. The zero-order valence-corrected chi connectivity index (χ0v) is 9.24. The summed E-state index contributed by atoms with van der Waals surface area (Å²) in [5, 5.41) is 8.12. The van der Waals surface area contributed by atoms with Gasteiger partial charge in [-0.2, -0.15) is 18.4 Å². The molecule has 0 spiro atoms.